The molecule has 7 nitrogen and oxygen atoms in total. The van der Waals surface area contributed by atoms with Crippen molar-refractivity contribution in [3.63, 3.8) is 0 Å². The third-order valence-corrected chi connectivity index (χ3v) is 4.54. The van der Waals surface area contributed by atoms with Crippen molar-refractivity contribution in [3.8, 4) is 11.5 Å². The summed E-state index contributed by atoms with van der Waals surface area (Å²) in [7, 11) is 3.30. The third kappa shape index (κ3) is 10.1. The Hall–Kier alpha value is -2.04. The van der Waals surface area contributed by atoms with Crippen molar-refractivity contribution in [2.24, 2.45) is 4.99 Å². The fourth-order valence-electron chi connectivity index (χ4n) is 2.96. The average molecular weight is 557 g/mol. The monoisotopic (exact) mass is 557 g/mol. The third-order valence-electron chi connectivity index (χ3n) is 4.54. The van der Waals surface area contributed by atoms with Crippen LogP contribution in [0.1, 0.15) is 30.5 Å². The maximum atomic E-state index is 5.66. The largest absolute Gasteiger partial charge is 0.497 e. The van der Waals surface area contributed by atoms with Gasteiger partial charge in [-0.05, 0) is 37.1 Å². The lowest BCUT2D eigenvalue weighted by Gasteiger charge is -2.14. The van der Waals surface area contributed by atoms with E-state index in [4.69, 9.17) is 23.9 Å². The predicted octanol–water partition coefficient (Wildman–Crippen LogP) is 4.13. The maximum Gasteiger partial charge on any atom is 0.191 e. The number of ether oxygens (including phenoxy) is 4. The van der Waals surface area contributed by atoms with Crippen molar-refractivity contribution >= 4 is 29.9 Å². The average Bonchev–Trinajstić information content (AvgIpc) is 2.81. The van der Waals surface area contributed by atoms with Crippen LogP contribution in [0, 0.1) is 0 Å². The summed E-state index contributed by atoms with van der Waals surface area (Å²) in [5, 5.41) is 6.65. The van der Waals surface area contributed by atoms with Crippen LogP contribution in [-0.2, 0) is 29.2 Å². The van der Waals surface area contributed by atoms with Crippen LogP contribution in [0.3, 0.4) is 0 Å². The Morgan fingerprint density at radius 2 is 1.69 bits per heavy atom. The van der Waals surface area contributed by atoms with E-state index in [-0.39, 0.29) is 24.0 Å². The summed E-state index contributed by atoms with van der Waals surface area (Å²) >= 11 is 0. The van der Waals surface area contributed by atoms with Crippen LogP contribution in [0.15, 0.2) is 47.5 Å². The Kier molecular flexibility index (Phi) is 14.5. The Morgan fingerprint density at radius 3 is 2.41 bits per heavy atom. The highest BCUT2D eigenvalue weighted by molar-refractivity contribution is 14.0. The van der Waals surface area contributed by atoms with Crippen LogP contribution in [-0.4, -0.2) is 46.5 Å². The van der Waals surface area contributed by atoms with Gasteiger partial charge in [0, 0.05) is 31.3 Å². The number of methoxy groups -OCH3 is 2. The lowest BCUT2D eigenvalue weighted by molar-refractivity contribution is 0.0453. The van der Waals surface area contributed by atoms with E-state index in [1.807, 2.05) is 38.1 Å². The summed E-state index contributed by atoms with van der Waals surface area (Å²) in [6.07, 6.45) is 0. The van der Waals surface area contributed by atoms with Gasteiger partial charge in [0.05, 0.1) is 40.6 Å². The summed E-state index contributed by atoms with van der Waals surface area (Å²) in [6, 6.07) is 14.1. The van der Waals surface area contributed by atoms with E-state index in [9.17, 15) is 0 Å². The van der Waals surface area contributed by atoms with Gasteiger partial charge in [-0.3, -0.25) is 0 Å². The Balaban J connectivity index is 0.00000512. The molecule has 2 N–H and O–H groups in total. The van der Waals surface area contributed by atoms with Crippen molar-refractivity contribution in [2.75, 3.05) is 40.6 Å². The Labute approximate surface area is 208 Å². The molecule has 2 aromatic rings. The molecule has 178 valence electrons. The second kappa shape index (κ2) is 16.6. The molecule has 0 radical (unpaired) electrons. The number of halogens is 1. The van der Waals surface area contributed by atoms with E-state index in [2.05, 4.69) is 28.8 Å². The zero-order valence-corrected chi connectivity index (χ0v) is 21.8. The van der Waals surface area contributed by atoms with E-state index in [1.54, 1.807) is 14.2 Å². The summed E-state index contributed by atoms with van der Waals surface area (Å²) in [4.78, 5) is 4.72. The van der Waals surface area contributed by atoms with Gasteiger partial charge in [-0.1, -0.05) is 24.3 Å². The normalized spacial score (nSPS) is 10.9. The molecule has 0 unspecified atom stereocenters. The van der Waals surface area contributed by atoms with Gasteiger partial charge in [-0.25, -0.2) is 4.99 Å². The van der Waals surface area contributed by atoms with Gasteiger partial charge in [0.1, 0.15) is 11.5 Å². The number of nitrogens with one attached hydrogen (secondary N) is 2. The molecule has 0 saturated heterocycles. The minimum atomic E-state index is 0. The smallest absolute Gasteiger partial charge is 0.191 e. The lowest BCUT2D eigenvalue weighted by Crippen LogP contribution is -2.36. The molecular formula is C24H36IN3O4. The van der Waals surface area contributed by atoms with E-state index in [0.29, 0.717) is 39.5 Å². The zero-order chi connectivity index (χ0) is 22.3. The number of benzene rings is 2. The van der Waals surface area contributed by atoms with Gasteiger partial charge < -0.3 is 29.6 Å². The molecule has 0 bridgehead atoms. The lowest BCUT2D eigenvalue weighted by atomic mass is 10.1. The molecule has 0 saturated carbocycles. The molecule has 2 aromatic carbocycles. The molecular weight excluding hydrogens is 521 g/mol. The molecule has 0 spiro atoms. The van der Waals surface area contributed by atoms with Gasteiger partial charge in [0.25, 0.3) is 0 Å². The molecule has 0 fully saturated rings. The first-order valence-electron chi connectivity index (χ1n) is 10.7. The fourth-order valence-corrected chi connectivity index (χ4v) is 2.96. The van der Waals surface area contributed by atoms with Gasteiger partial charge in [0.15, 0.2) is 5.96 Å². The van der Waals surface area contributed by atoms with Crippen molar-refractivity contribution < 1.29 is 18.9 Å². The Morgan fingerprint density at radius 1 is 0.906 bits per heavy atom. The fraction of sp³-hybridized carbons (Fsp3) is 0.458. The number of aliphatic imine (C=N–C) groups is 1. The molecule has 0 atom stereocenters. The first kappa shape index (κ1) is 28.0. The molecule has 0 aliphatic carbocycles. The van der Waals surface area contributed by atoms with Gasteiger partial charge in [-0.15, -0.1) is 24.0 Å². The summed E-state index contributed by atoms with van der Waals surface area (Å²) in [6.45, 7) is 8.47. The molecule has 0 aromatic heterocycles. The topological polar surface area (TPSA) is 73.3 Å². The second-order valence-corrected chi connectivity index (χ2v) is 6.80. The highest BCUT2D eigenvalue weighted by Crippen LogP contribution is 2.24. The van der Waals surface area contributed by atoms with Crippen LogP contribution in [0.4, 0.5) is 0 Å². The minimum Gasteiger partial charge on any atom is -0.497 e. The highest BCUT2D eigenvalue weighted by atomic mass is 127. The van der Waals surface area contributed by atoms with Gasteiger partial charge in [0.2, 0.25) is 0 Å². The van der Waals surface area contributed by atoms with Crippen LogP contribution >= 0.6 is 24.0 Å². The zero-order valence-electron chi connectivity index (χ0n) is 19.5. The molecule has 2 rings (SSSR count). The molecule has 0 heterocycles. The minimum absolute atomic E-state index is 0. The SMILES string of the molecule is CCNC(=NCc1cccc(COCCOCC)c1)NCc1ccc(OC)cc1OC.I. The van der Waals surface area contributed by atoms with Crippen molar-refractivity contribution in [3.05, 3.63) is 59.2 Å². The van der Waals surface area contributed by atoms with Gasteiger partial charge >= 0.3 is 0 Å². The molecule has 0 amide bonds. The maximum absolute atomic E-state index is 5.66. The first-order valence-corrected chi connectivity index (χ1v) is 10.7. The number of nitrogens with zero attached hydrogens (tertiary/aromatic N) is 1. The highest BCUT2D eigenvalue weighted by Gasteiger charge is 2.06. The number of guanidine groups is 1. The van der Waals surface area contributed by atoms with E-state index < -0.39 is 0 Å². The van der Waals surface area contributed by atoms with E-state index >= 15 is 0 Å². The van der Waals surface area contributed by atoms with Crippen LogP contribution in [0.25, 0.3) is 0 Å². The summed E-state index contributed by atoms with van der Waals surface area (Å²) in [5.41, 5.74) is 3.29. The Bertz CT molecular complexity index is 818. The predicted molar refractivity (Wildman–Crippen MR) is 139 cm³/mol. The van der Waals surface area contributed by atoms with Crippen molar-refractivity contribution in [1.82, 2.24) is 10.6 Å². The van der Waals surface area contributed by atoms with E-state index in [0.717, 1.165) is 40.7 Å². The molecule has 8 heteroatoms. The summed E-state index contributed by atoms with van der Waals surface area (Å²) < 4.78 is 21.7. The first-order chi connectivity index (χ1) is 15.2. The molecule has 0 aliphatic rings. The van der Waals surface area contributed by atoms with Crippen LogP contribution in [0.5, 0.6) is 11.5 Å². The summed E-state index contributed by atoms with van der Waals surface area (Å²) in [5.74, 6) is 2.29. The number of hydrogen-bond acceptors (Lipinski definition) is 5. The molecule has 32 heavy (non-hydrogen) atoms. The molecule has 0 aliphatic heterocycles. The second-order valence-electron chi connectivity index (χ2n) is 6.80. The van der Waals surface area contributed by atoms with Crippen LogP contribution in [0.2, 0.25) is 0 Å². The van der Waals surface area contributed by atoms with Crippen molar-refractivity contribution in [1.29, 1.82) is 0 Å². The van der Waals surface area contributed by atoms with Crippen molar-refractivity contribution in [2.45, 2.75) is 33.5 Å². The quantitative estimate of drug-likeness (QED) is 0.167. The van der Waals surface area contributed by atoms with E-state index in [1.165, 1.54) is 0 Å². The number of hydrogen-bond donors (Lipinski definition) is 2. The number of rotatable bonds is 13. The van der Waals surface area contributed by atoms with Gasteiger partial charge in [-0.2, -0.15) is 0 Å². The van der Waals surface area contributed by atoms with Crippen LogP contribution < -0.4 is 20.1 Å². The standard InChI is InChI=1S/C24H35N3O4.HI/c1-5-25-24(27-17-21-10-11-22(28-3)15-23(21)29-4)26-16-19-8-7-9-20(14-19)18-31-13-12-30-6-2;/h7-11,14-15H,5-6,12-13,16-18H2,1-4H3,(H2,25,26,27);1H.